The van der Waals surface area contributed by atoms with E-state index >= 15 is 0 Å². The molecule has 0 fully saturated rings. The van der Waals surface area contributed by atoms with Gasteiger partial charge in [0.1, 0.15) is 0 Å². The van der Waals surface area contributed by atoms with Gasteiger partial charge in [-0.2, -0.15) is 0 Å². The molecule has 1 aliphatic rings. The Hall–Kier alpha value is -0.340. The van der Waals surface area contributed by atoms with Crippen LogP contribution in [0.15, 0.2) is 12.2 Å². The van der Waals surface area contributed by atoms with E-state index in [0.717, 1.165) is 25.7 Å². The first-order valence-electron chi connectivity index (χ1n) is 3.80. The van der Waals surface area contributed by atoms with Crippen molar-refractivity contribution in [2.24, 2.45) is 0 Å². The number of rotatable bonds is 0. The van der Waals surface area contributed by atoms with E-state index in [9.17, 15) is 0 Å². The van der Waals surface area contributed by atoms with Gasteiger partial charge in [-0.25, -0.2) is 0 Å². The quantitative estimate of drug-likeness (QED) is 0.492. The molecule has 0 saturated heterocycles. The van der Waals surface area contributed by atoms with Crippen LogP contribution in [-0.4, -0.2) is 22.4 Å². The minimum atomic E-state index is -0.244. The molecule has 2 heteroatoms. The Morgan fingerprint density at radius 3 is 1.70 bits per heavy atom. The predicted octanol–water partition coefficient (Wildman–Crippen LogP) is 0.838. The summed E-state index contributed by atoms with van der Waals surface area (Å²) in [7, 11) is 0. The third-order valence-corrected chi connectivity index (χ3v) is 1.82. The molecule has 0 bridgehead atoms. The van der Waals surface area contributed by atoms with Crippen LogP contribution < -0.4 is 0 Å². The minimum Gasteiger partial charge on any atom is -0.393 e. The van der Waals surface area contributed by atoms with Gasteiger partial charge in [0.2, 0.25) is 0 Å². The molecule has 0 spiro atoms. The first-order valence-corrected chi connectivity index (χ1v) is 3.80. The monoisotopic (exact) mass is 142 g/mol. The molecule has 2 atom stereocenters. The van der Waals surface area contributed by atoms with Crippen LogP contribution >= 0.6 is 0 Å². The second-order valence-electron chi connectivity index (χ2n) is 2.83. The molecule has 2 N–H and O–H groups in total. The molecule has 10 heavy (non-hydrogen) atoms. The Balaban J connectivity index is 2.37. The van der Waals surface area contributed by atoms with E-state index in [0.29, 0.717) is 0 Å². The Labute approximate surface area is 61.2 Å². The summed E-state index contributed by atoms with van der Waals surface area (Å²) >= 11 is 0. The lowest BCUT2D eigenvalue weighted by Crippen LogP contribution is -2.13. The molecule has 0 unspecified atom stereocenters. The zero-order valence-corrected chi connectivity index (χ0v) is 6.03. The van der Waals surface area contributed by atoms with E-state index in [4.69, 9.17) is 10.2 Å². The highest BCUT2D eigenvalue weighted by atomic mass is 16.3. The highest BCUT2D eigenvalue weighted by Gasteiger charge is 2.09. The van der Waals surface area contributed by atoms with Crippen molar-refractivity contribution in [1.29, 1.82) is 0 Å². The summed E-state index contributed by atoms with van der Waals surface area (Å²) in [6.07, 6.45) is 6.33. The van der Waals surface area contributed by atoms with Gasteiger partial charge < -0.3 is 10.2 Å². The number of hydrogen-bond acceptors (Lipinski definition) is 2. The summed E-state index contributed by atoms with van der Waals surface area (Å²) in [6.45, 7) is 0. The van der Waals surface area contributed by atoms with E-state index in [1.807, 2.05) is 12.2 Å². The van der Waals surface area contributed by atoms with Crippen molar-refractivity contribution in [1.82, 2.24) is 0 Å². The highest BCUT2D eigenvalue weighted by Crippen LogP contribution is 2.11. The van der Waals surface area contributed by atoms with Crippen LogP contribution in [0.1, 0.15) is 25.7 Å². The molecule has 0 amide bonds. The maximum absolute atomic E-state index is 9.17. The SMILES string of the molecule is O[C@@H]1C/C=C\C[C@@H](O)CC1. The lowest BCUT2D eigenvalue weighted by molar-refractivity contribution is 0.113. The summed E-state index contributed by atoms with van der Waals surface area (Å²) in [5, 5.41) is 18.3. The zero-order valence-electron chi connectivity index (χ0n) is 6.03. The molecule has 2 nitrogen and oxygen atoms in total. The summed E-state index contributed by atoms with van der Waals surface area (Å²) in [5.41, 5.74) is 0. The van der Waals surface area contributed by atoms with Gasteiger partial charge in [-0.1, -0.05) is 12.2 Å². The molecule has 0 radical (unpaired) electrons. The first kappa shape index (κ1) is 7.76. The van der Waals surface area contributed by atoms with Crippen molar-refractivity contribution in [2.75, 3.05) is 0 Å². The van der Waals surface area contributed by atoms with Gasteiger partial charge in [0.15, 0.2) is 0 Å². The third kappa shape index (κ3) is 2.50. The summed E-state index contributed by atoms with van der Waals surface area (Å²) in [4.78, 5) is 0. The maximum Gasteiger partial charge on any atom is 0.0575 e. The Morgan fingerprint density at radius 2 is 1.30 bits per heavy atom. The zero-order chi connectivity index (χ0) is 7.40. The first-order chi connectivity index (χ1) is 4.79. The normalized spacial score (nSPS) is 38.2. The fraction of sp³-hybridized carbons (Fsp3) is 0.750. The van der Waals surface area contributed by atoms with Gasteiger partial charge in [-0.3, -0.25) is 0 Å². The van der Waals surface area contributed by atoms with Crippen molar-refractivity contribution in [3.8, 4) is 0 Å². The highest BCUT2D eigenvalue weighted by molar-refractivity contribution is 4.88. The molecule has 0 aromatic carbocycles. The molecule has 0 aliphatic heterocycles. The van der Waals surface area contributed by atoms with Crippen LogP contribution in [0.5, 0.6) is 0 Å². The van der Waals surface area contributed by atoms with Crippen LogP contribution in [-0.2, 0) is 0 Å². The average molecular weight is 142 g/mol. The van der Waals surface area contributed by atoms with Crippen LogP contribution in [0.2, 0.25) is 0 Å². The fourth-order valence-corrected chi connectivity index (χ4v) is 1.13. The van der Waals surface area contributed by atoms with E-state index in [1.165, 1.54) is 0 Å². The van der Waals surface area contributed by atoms with Gasteiger partial charge in [0.25, 0.3) is 0 Å². The molecule has 0 heterocycles. The minimum absolute atomic E-state index is 0.244. The molecule has 0 aromatic rings. The Kier molecular flexibility index (Phi) is 2.90. The standard InChI is InChI=1S/C8H14O2/c9-7-3-1-2-4-8(10)6-5-7/h1-2,7-10H,3-6H2/b2-1-/t7-,8-/m1/s1. The molecule has 0 aromatic heterocycles. The number of aliphatic hydroxyl groups excluding tert-OH is 2. The van der Waals surface area contributed by atoms with Crippen molar-refractivity contribution in [3.05, 3.63) is 12.2 Å². The molecule has 1 rings (SSSR count). The molecule has 58 valence electrons. The van der Waals surface area contributed by atoms with Crippen molar-refractivity contribution >= 4 is 0 Å². The molecular formula is C8H14O2. The largest absolute Gasteiger partial charge is 0.393 e. The van der Waals surface area contributed by atoms with Gasteiger partial charge in [-0.15, -0.1) is 0 Å². The Bertz CT molecular complexity index is 106. The summed E-state index contributed by atoms with van der Waals surface area (Å²) in [5.74, 6) is 0. The van der Waals surface area contributed by atoms with Gasteiger partial charge in [0.05, 0.1) is 12.2 Å². The number of aliphatic hydroxyl groups is 2. The van der Waals surface area contributed by atoms with Gasteiger partial charge in [-0.05, 0) is 25.7 Å². The smallest absolute Gasteiger partial charge is 0.0575 e. The molecule has 1 aliphatic carbocycles. The van der Waals surface area contributed by atoms with Crippen molar-refractivity contribution in [3.63, 3.8) is 0 Å². The Morgan fingerprint density at radius 1 is 0.900 bits per heavy atom. The van der Waals surface area contributed by atoms with E-state index in [2.05, 4.69) is 0 Å². The predicted molar refractivity (Wildman–Crippen MR) is 39.6 cm³/mol. The maximum atomic E-state index is 9.17. The van der Waals surface area contributed by atoms with E-state index in [-0.39, 0.29) is 12.2 Å². The summed E-state index contributed by atoms with van der Waals surface area (Å²) in [6, 6.07) is 0. The number of hydrogen-bond donors (Lipinski definition) is 2. The molecular weight excluding hydrogens is 128 g/mol. The van der Waals surface area contributed by atoms with E-state index < -0.39 is 0 Å². The average Bonchev–Trinajstić information content (AvgIpc) is 1.90. The lowest BCUT2D eigenvalue weighted by atomic mass is 10.0. The van der Waals surface area contributed by atoms with Crippen LogP contribution in [0.4, 0.5) is 0 Å². The molecule has 0 saturated carbocycles. The van der Waals surface area contributed by atoms with Crippen LogP contribution in [0.25, 0.3) is 0 Å². The second-order valence-corrected chi connectivity index (χ2v) is 2.83. The fourth-order valence-electron chi connectivity index (χ4n) is 1.13. The van der Waals surface area contributed by atoms with Crippen molar-refractivity contribution in [2.45, 2.75) is 37.9 Å². The topological polar surface area (TPSA) is 40.5 Å². The van der Waals surface area contributed by atoms with Crippen molar-refractivity contribution < 1.29 is 10.2 Å². The van der Waals surface area contributed by atoms with E-state index in [1.54, 1.807) is 0 Å². The lowest BCUT2D eigenvalue weighted by Gasteiger charge is -2.14. The van der Waals surface area contributed by atoms with Gasteiger partial charge >= 0.3 is 0 Å². The van der Waals surface area contributed by atoms with Crippen LogP contribution in [0.3, 0.4) is 0 Å². The van der Waals surface area contributed by atoms with Gasteiger partial charge in [0, 0.05) is 0 Å². The van der Waals surface area contributed by atoms with Crippen LogP contribution in [0, 0.1) is 0 Å². The second kappa shape index (κ2) is 3.74. The third-order valence-electron chi connectivity index (χ3n) is 1.82. The summed E-state index contributed by atoms with van der Waals surface area (Å²) < 4.78 is 0.